The van der Waals surface area contributed by atoms with Crippen LogP contribution in [0.4, 0.5) is 8.78 Å². The Kier molecular flexibility index (Phi) is 7.72. The Morgan fingerprint density at radius 3 is 2.52 bits per heavy atom. The summed E-state index contributed by atoms with van der Waals surface area (Å²) in [6.07, 6.45) is 2.90. The standard InChI is InChI=1S/C31H29ClF2N4O2/c1-3-31(33,34)22-9-6-20(7-10-22)17-27(28-35-25-13-11-23(32)18-26(25)36-28)37-29(39)21-8-12-24(19(2)16-21)30(40)38-14-4-5-15-38/h3,6-13,16,18,27H,1,4-5,14-15,17H2,2H3,(H,35,36)(H,37,39)/t27-/m0/s1. The van der Waals surface area contributed by atoms with E-state index in [2.05, 4.69) is 21.9 Å². The van der Waals surface area contributed by atoms with E-state index in [4.69, 9.17) is 11.6 Å². The lowest BCUT2D eigenvalue weighted by molar-refractivity contribution is 0.0525. The smallest absolute Gasteiger partial charge is 0.291 e. The molecule has 4 aromatic rings. The van der Waals surface area contributed by atoms with Gasteiger partial charge >= 0.3 is 0 Å². The summed E-state index contributed by atoms with van der Waals surface area (Å²) in [6, 6.07) is 15.6. The molecule has 5 rings (SSSR count). The maximum Gasteiger partial charge on any atom is 0.291 e. The lowest BCUT2D eigenvalue weighted by Crippen LogP contribution is -2.31. The summed E-state index contributed by atoms with van der Waals surface area (Å²) < 4.78 is 28.1. The number of nitrogens with zero attached hydrogens (tertiary/aromatic N) is 2. The number of carbonyl (C=O) groups is 2. The van der Waals surface area contributed by atoms with Gasteiger partial charge in [-0.1, -0.05) is 42.4 Å². The Labute approximate surface area is 236 Å². The Morgan fingerprint density at radius 2 is 1.85 bits per heavy atom. The predicted octanol–water partition coefficient (Wildman–Crippen LogP) is 6.75. The highest BCUT2D eigenvalue weighted by molar-refractivity contribution is 6.31. The Hall–Kier alpha value is -4.04. The van der Waals surface area contributed by atoms with E-state index >= 15 is 0 Å². The number of nitrogens with one attached hydrogen (secondary N) is 2. The molecule has 206 valence electrons. The van der Waals surface area contributed by atoms with Crippen LogP contribution in [0.3, 0.4) is 0 Å². The number of aromatic amines is 1. The number of H-pyrrole nitrogens is 1. The highest BCUT2D eigenvalue weighted by Crippen LogP contribution is 2.30. The molecule has 2 N–H and O–H groups in total. The van der Waals surface area contributed by atoms with Gasteiger partial charge in [-0.2, -0.15) is 8.78 Å². The number of aryl methyl sites for hydroxylation is 1. The monoisotopic (exact) mass is 562 g/mol. The molecule has 0 saturated carbocycles. The van der Waals surface area contributed by atoms with Gasteiger partial charge in [0.15, 0.2) is 0 Å². The molecule has 2 heterocycles. The number of carbonyl (C=O) groups excluding carboxylic acids is 2. The van der Waals surface area contributed by atoms with Crippen LogP contribution in [0.2, 0.25) is 5.02 Å². The van der Waals surface area contributed by atoms with Crippen LogP contribution in [0.5, 0.6) is 0 Å². The Balaban J connectivity index is 1.41. The van der Waals surface area contributed by atoms with Gasteiger partial charge in [-0.25, -0.2) is 4.98 Å². The molecule has 1 aromatic heterocycles. The fourth-order valence-electron chi connectivity index (χ4n) is 4.98. The van der Waals surface area contributed by atoms with Crippen LogP contribution in [0.1, 0.15) is 62.1 Å². The SMILES string of the molecule is C=CC(F)(F)c1ccc(C[C@H](NC(=O)c2ccc(C(=O)N3CCCC3)c(C)c2)c2nc3ccc(Cl)cc3[nH]2)cc1. The Morgan fingerprint density at radius 1 is 1.12 bits per heavy atom. The van der Waals surface area contributed by atoms with Crippen molar-refractivity contribution in [2.75, 3.05) is 13.1 Å². The fraction of sp³-hybridized carbons (Fsp3) is 0.258. The highest BCUT2D eigenvalue weighted by atomic mass is 35.5. The van der Waals surface area contributed by atoms with Crippen molar-refractivity contribution in [1.29, 1.82) is 0 Å². The molecule has 9 heteroatoms. The van der Waals surface area contributed by atoms with Crippen molar-refractivity contribution in [3.63, 3.8) is 0 Å². The minimum absolute atomic E-state index is 0.0220. The van der Waals surface area contributed by atoms with E-state index in [0.717, 1.165) is 37.1 Å². The number of likely N-dealkylation sites (tertiary alicyclic amines) is 1. The fourth-order valence-corrected chi connectivity index (χ4v) is 5.15. The number of aromatic nitrogens is 2. The second-order valence-corrected chi connectivity index (χ2v) is 10.5. The second-order valence-electron chi connectivity index (χ2n) is 10.1. The zero-order valence-corrected chi connectivity index (χ0v) is 22.8. The van der Waals surface area contributed by atoms with Gasteiger partial charge in [-0.05, 0) is 79.8 Å². The summed E-state index contributed by atoms with van der Waals surface area (Å²) >= 11 is 6.14. The van der Waals surface area contributed by atoms with Crippen molar-refractivity contribution < 1.29 is 18.4 Å². The van der Waals surface area contributed by atoms with Gasteiger partial charge in [0.1, 0.15) is 5.82 Å². The summed E-state index contributed by atoms with van der Waals surface area (Å²) in [4.78, 5) is 36.0. The molecule has 0 spiro atoms. The van der Waals surface area contributed by atoms with E-state index in [9.17, 15) is 18.4 Å². The summed E-state index contributed by atoms with van der Waals surface area (Å²) in [7, 11) is 0. The average molecular weight is 563 g/mol. The number of amides is 2. The molecule has 1 aliphatic heterocycles. The minimum Gasteiger partial charge on any atom is -0.342 e. The van der Waals surface area contributed by atoms with Crippen molar-refractivity contribution in [2.24, 2.45) is 0 Å². The zero-order chi connectivity index (χ0) is 28.4. The molecule has 2 amide bonds. The molecule has 6 nitrogen and oxygen atoms in total. The van der Waals surface area contributed by atoms with Gasteiger partial charge in [-0.3, -0.25) is 9.59 Å². The van der Waals surface area contributed by atoms with E-state index in [0.29, 0.717) is 45.5 Å². The molecule has 0 radical (unpaired) electrons. The van der Waals surface area contributed by atoms with E-state index in [1.54, 1.807) is 48.5 Å². The Bertz CT molecular complexity index is 1580. The maximum atomic E-state index is 14.0. The number of hydrogen-bond acceptors (Lipinski definition) is 3. The third kappa shape index (κ3) is 5.77. The van der Waals surface area contributed by atoms with Gasteiger partial charge in [0.05, 0.1) is 17.1 Å². The van der Waals surface area contributed by atoms with Crippen LogP contribution < -0.4 is 5.32 Å². The number of imidazole rings is 1. The van der Waals surface area contributed by atoms with Crippen molar-refractivity contribution in [1.82, 2.24) is 20.2 Å². The largest absolute Gasteiger partial charge is 0.342 e. The molecule has 1 fully saturated rings. The lowest BCUT2D eigenvalue weighted by atomic mass is 10.00. The second kappa shape index (κ2) is 11.2. The van der Waals surface area contributed by atoms with Crippen LogP contribution in [-0.4, -0.2) is 39.8 Å². The van der Waals surface area contributed by atoms with E-state index in [-0.39, 0.29) is 17.4 Å². The van der Waals surface area contributed by atoms with E-state index in [1.165, 1.54) is 12.1 Å². The topological polar surface area (TPSA) is 78.1 Å². The number of halogens is 3. The van der Waals surface area contributed by atoms with Crippen LogP contribution in [-0.2, 0) is 12.3 Å². The molecule has 0 bridgehead atoms. The first-order valence-electron chi connectivity index (χ1n) is 13.1. The minimum atomic E-state index is -3.13. The van der Waals surface area contributed by atoms with Crippen molar-refractivity contribution in [3.8, 4) is 0 Å². The highest BCUT2D eigenvalue weighted by Gasteiger charge is 2.27. The third-order valence-corrected chi connectivity index (χ3v) is 7.48. The summed E-state index contributed by atoms with van der Waals surface area (Å²) in [6.45, 7) is 6.52. The summed E-state index contributed by atoms with van der Waals surface area (Å²) in [5, 5.41) is 3.58. The zero-order valence-electron chi connectivity index (χ0n) is 22.0. The van der Waals surface area contributed by atoms with Crippen LogP contribution in [0.15, 0.2) is 73.3 Å². The summed E-state index contributed by atoms with van der Waals surface area (Å²) in [5.41, 5.74) is 3.67. The van der Waals surface area contributed by atoms with Crippen LogP contribution >= 0.6 is 11.6 Å². The normalized spacial score (nSPS) is 14.3. The number of alkyl halides is 2. The van der Waals surface area contributed by atoms with Crippen molar-refractivity contribution >= 4 is 34.4 Å². The molecule has 1 aliphatic rings. The molecular weight excluding hydrogens is 534 g/mol. The van der Waals surface area contributed by atoms with Crippen LogP contribution in [0.25, 0.3) is 11.0 Å². The molecule has 0 unspecified atom stereocenters. The number of allylic oxidation sites excluding steroid dienone is 1. The first-order chi connectivity index (χ1) is 19.1. The van der Waals surface area contributed by atoms with Gasteiger partial charge in [0.2, 0.25) is 0 Å². The number of benzene rings is 3. The van der Waals surface area contributed by atoms with E-state index in [1.807, 2.05) is 11.8 Å². The molecule has 1 atom stereocenters. The van der Waals surface area contributed by atoms with Gasteiger partial charge in [0.25, 0.3) is 17.7 Å². The quantitative estimate of drug-likeness (QED) is 0.233. The van der Waals surface area contributed by atoms with Crippen LogP contribution in [0, 0.1) is 6.92 Å². The first-order valence-corrected chi connectivity index (χ1v) is 13.5. The predicted molar refractivity (Wildman–Crippen MR) is 152 cm³/mol. The van der Waals surface area contributed by atoms with Crippen molar-refractivity contribution in [2.45, 2.75) is 38.2 Å². The van der Waals surface area contributed by atoms with Gasteiger partial charge in [0, 0.05) is 34.8 Å². The lowest BCUT2D eigenvalue weighted by Gasteiger charge is -2.19. The molecule has 3 aromatic carbocycles. The maximum absolute atomic E-state index is 14.0. The average Bonchev–Trinajstić information content (AvgIpc) is 3.63. The van der Waals surface area contributed by atoms with Gasteiger partial charge < -0.3 is 15.2 Å². The third-order valence-electron chi connectivity index (χ3n) is 7.24. The van der Waals surface area contributed by atoms with Gasteiger partial charge in [-0.15, -0.1) is 0 Å². The number of rotatable bonds is 8. The number of hydrogen-bond donors (Lipinski definition) is 2. The van der Waals surface area contributed by atoms with Crippen molar-refractivity contribution in [3.05, 3.63) is 112 Å². The molecule has 40 heavy (non-hydrogen) atoms. The number of fused-ring (bicyclic) bond motifs is 1. The molecular formula is C31H29ClF2N4O2. The molecule has 1 saturated heterocycles. The van der Waals surface area contributed by atoms with E-state index < -0.39 is 12.0 Å². The summed E-state index contributed by atoms with van der Waals surface area (Å²) in [5.74, 6) is -3.00. The first kappa shape index (κ1) is 27.5. The molecule has 0 aliphatic carbocycles.